The lowest BCUT2D eigenvalue weighted by Gasteiger charge is -2.18. The average Bonchev–Trinajstić information content (AvgIpc) is 2.99. The molecule has 0 unspecified atom stereocenters. The number of carbonyl (C=O) groups excluding carboxylic acids is 2. The average molecular weight is 380 g/mol. The number of rotatable bonds is 5. The molecule has 0 fully saturated rings. The molecule has 0 bridgehead atoms. The number of nitrogens with one attached hydrogen (secondary N) is 1. The van der Waals surface area contributed by atoms with Crippen molar-refractivity contribution in [2.45, 2.75) is 20.8 Å². The first-order chi connectivity index (χ1) is 13.5. The highest BCUT2D eigenvalue weighted by molar-refractivity contribution is 6.19. The van der Waals surface area contributed by atoms with Gasteiger partial charge in [-0.15, -0.1) is 0 Å². The largest absolute Gasteiger partial charge is 0.486 e. The van der Waals surface area contributed by atoms with E-state index in [0.29, 0.717) is 41.7 Å². The molecule has 28 heavy (non-hydrogen) atoms. The van der Waals surface area contributed by atoms with Crippen LogP contribution in [0.1, 0.15) is 44.6 Å². The number of nitrogens with zero attached hydrogens (tertiary/aromatic N) is 1. The summed E-state index contributed by atoms with van der Waals surface area (Å²) in [5, 5.41) is 9.57. The van der Waals surface area contributed by atoms with Crippen LogP contribution in [0.25, 0.3) is 6.08 Å². The zero-order valence-corrected chi connectivity index (χ0v) is 15.9. The maximum atomic E-state index is 13.1. The molecule has 7 nitrogen and oxygen atoms in total. The number of ketones is 1. The molecule has 7 heteroatoms. The fourth-order valence-corrected chi connectivity index (χ4v) is 3.12. The molecular weight excluding hydrogens is 360 g/mol. The summed E-state index contributed by atoms with van der Waals surface area (Å²) in [7, 11) is 0. The lowest BCUT2D eigenvalue weighted by Crippen LogP contribution is -2.15. The number of aromatic amines is 1. The molecule has 2 heterocycles. The van der Waals surface area contributed by atoms with Gasteiger partial charge < -0.3 is 19.2 Å². The van der Waals surface area contributed by atoms with E-state index in [-0.39, 0.29) is 23.3 Å². The minimum absolute atomic E-state index is 0.0932. The van der Waals surface area contributed by atoms with E-state index >= 15 is 0 Å². The van der Waals surface area contributed by atoms with Gasteiger partial charge in [-0.2, -0.15) is 5.26 Å². The second-order valence-corrected chi connectivity index (χ2v) is 6.25. The normalized spacial score (nSPS) is 13.0. The summed E-state index contributed by atoms with van der Waals surface area (Å²) >= 11 is 0. The number of hydrogen-bond acceptors (Lipinski definition) is 6. The smallest absolute Gasteiger partial charge is 0.340 e. The molecule has 1 aliphatic heterocycles. The van der Waals surface area contributed by atoms with Gasteiger partial charge in [0, 0.05) is 11.4 Å². The number of carbonyl (C=O) groups is 2. The monoisotopic (exact) mass is 380 g/mol. The topological polar surface area (TPSA) is 101 Å². The molecule has 1 aliphatic rings. The number of H-pyrrole nitrogens is 1. The SMILES string of the molecule is CCOC(=O)c1c(C)[nH]c(C)c1C(=O)C(C#N)=Cc1ccc2c(c1)OCCO2. The molecule has 1 aromatic carbocycles. The van der Waals surface area contributed by atoms with E-state index in [0.717, 1.165) is 0 Å². The summed E-state index contributed by atoms with van der Waals surface area (Å²) in [4.78, 5) is 28.4. The predicted octanol–water partition coefficient (Wildman–Crippen LogP) is 3.37. The summed E-state index contributed by atoms with van der Waals surface area (Å²) in [5.74, 6) is 0.0483. The van der Waals surface area contributed by atoms with Crippen molar-refractivity contribution in [1.29, 1.82) is 5.26 Å². The summed E-state index contributed by atoms with van der Waals surface area (Å²) in [6, 6.07) is 7.11. The van der Waals surface area contributed by atoms with Gasteiger partial charge in [0.05, 0.1) is 17.7 Å². The molecule has 144 valence electrons. The number of ether oxygens (including phenoxy) is 3. The van der Waals surface area contributed by atoms with Crippen molar-refractivity contribution in [3.63, 3.8) is 0 Å². The number of Topliss-reactive ketones (excluding diaryl/α,β-unsaturated/α-hetero) is 1. The maximum Gasteiger partial charge on any atom is 0.340 e. The van der Waals surface area contributed by atoms with E-state index in [1.54, 1.807) is 39.0 Å². The third-order valence-electron chi connectivity index (χ3n) is 4.32. The van der Waals surface area contributed by atoms with Gasteiger partial charge in [0.1, 0.15) is 24.9 Å². The fraction of sp³-hybridized carbons (Fsp3) is 0.286. The quantitative estimate of drug-likeness (QED) is 0.369. The first kappa shape index (κ1) is 19.2. The van der Waals surface area contributed by atoms with Crippen LogP contribution in [0.15, 0.2) is 23.8 Å². The minimum Gasteiger partial charge on any atom is -0.486 e. The lowest BCUT2D eigenvalue weighted by atomic mass is 9.98. The first-order valence-corrected chi connectivity index (χ1v) is 8.88. The number of fused-ring (bicyclic) bond motifs is 1. The van der Waals surface area contributed by atoms with Gasteiger partial charge in [0.15, 0.2) is 11.5 Å². The summed E-state index contributed by atoms with van der Waals surface area (Å²) in [6.45, 7) is 6.17. The van der Waals surface area contributed by atoms with Gasteiger partial charge in [-0.3, -0.25) is 4.79 Å². The molecule has 1 aromatic heterocycles. The van der Waals surface area contributed by atoms with Crippen LogP contribution < -0.4 is 9.47 Å². The van der Waals surface area contributed by atoms with E-state index in [1.165, 1.54) is 6.08 Å². The highest BCUT2D eigenvalue weighted by atomic mass is 16.6. The van der Waals surface area contributed by atoms with Crippen LogP contribution in [-0.4, -0.2) is 36.6 Å². The Balaban J connectivity index is 2.00. The molecule has 0 saturated carbocycles. The lowest BCUT2D eigenvalue weighted by molar-refractivity contribution is 0.0523. The Hall–Kier alpha value is -3.53. The molecule has 0 atom stereocenters. The number of nitriles is 1. The number of benzene rings is 1. The Morgan fingerprint density at radius 1 is 1.18 bits per heavy atom. The van der Waals surface area contributed by atoms with E-state index in [9.17, 15) is 14.9 Å². The Kier molecular flexibility index (Phi) is 5.50. The van der Waals surface area contributed by atoms with Crippen LogP contribution in [0.5, 0.6) is 11.5 Å². The van der Waals surface area contributed by atoms with Crippen LogP contribution in [0.3, 0.4) is 0 Å². The second kappa shape index (κ2) is 8.01. The summed E-state index contributed by atoms with van der Waals surface area (Å²) < 4.78 is 16.1. The highest BCUT2D eigenvalue weighted by Crippen LogP contribution is 2.32. The van der Waals surface area contributed by atoms with Gasteiger partial charge in [0.25, 0.3) is 0 Å². The van der Waals surface area contributed by atoms with Crippen LogP contribution in [0.2, 0.25) is 0 Å². The van der Waals surface area contributed by atoms with E-state index in [1.807, 2.05) is 6.07 Å². The van der Waals surface area contributed by atoms with Crippen molar-refractivity contribution in [2.75, 3.05) is 19.8 Å². The third-order valence-corrected chi connectivity index (χ3v) is 4.32. The standard InChI is InChI=1S/C21H20N2O5/c1-4-26-21(25)19-13(3)23-12(2)18(19)20(24)15(11-22)9-14-5-6-16-17(10-14)28-8-7-27-16/h5-6,9-10,23H,4,7-8H2,1-3H3. The van der Waals surface area contributed by atoms with E-state index < -0.39 is 11.8 Å². The number of aromatic nitrogens is 1. The summed E-state index contributed by atoms with van der Waals surface area (Å²) in [6.07, 6.45) is 1.47. The van der Waals surface area contributed by atoms with Gasteiger partial charge in [0.2, 0.25) is 5.78 Å². The Labute approximate surface area is 162 Å². The van der Waals surface area contributed by atoms with Crippen LogP contribution >= 0.6 is 0 Å². The van der Waals surface area contributed by atoms with Crippen molar-refractivity contribution >= 4 is 17.8 Å². The van der Waals surface area contributed by atoms with Crippen LogP contribution in [0, 0.1) is 25.2 Å². The highest BCUT2D eigenvalue weighted by Gasteiger charge is 2.27. The Morgan fingerprint density at radius 3 is 2.54 bits per heavy atom. The van der Waals surface area contributed by atoms with Crippen molar-refractivity contribution in [3.8, 4) is 17.6 Å². The van der Waals surface area contributed by atoms with Gasteiger partial charge in [-0.05, 0) is 44.5 Å². The van der Waals surface area contributed by atoms with Gasteiger partial charge >= 0.3 is 5.97 Å². The van der Waals surface area contributed by atoms with Crippen molar-refractivity contribution in [1.82, 2.24) is 4.98 Å². The van der Waals surface area contributed by atoms with Crippen LogP contribution in [-0.2, 0) is 4.74 Å². The number of esters is 1. The first-order valence-electron chi connectivity index (χ1n) is 8.88. The van der Waals surface area contributed by atoms with Crippen molar-refractivity contribution < 1.29 is 23.8 Å². The minimum atomic E-state index is -0.593. The van der Waals surface area contributed by atoms with Crippen LogP contribution in [0.4, 0.5) is 0 Å². The fourth-order valence-electron chi connectivity index (χ4n) is 3.12. The van der Waals surface area contributed by atoms with Gasteiger partial charge in [-0.25, -0.2) is 4.79 Å². The molecule has 0 radical (unpaired) electrons. The summed E-state index contributed by atoms with van der Waals surface area (Å²) in [5.41, 5.74) is 1.87. The third kappa shape index (κ3) is 3.62. The molecule has 0 spiro atoms. The second-order valence-electron chi connectivity index (χ2n) is 6.25. The predicted molar refractivity (Wildman–Crippen MR) is 102 cm³/mol. The zero-order chi connectivity index (χ0) is 20.3. The molecule has 3 rings (SSSR count). The molecule has 0 saturated heterocycles. The van der Waals surface area contributed by atoms with E-state index in [2.05, 4.69) is 4.98 Å². The maximum absolute atomic E-state index is 13.1. The molecular formula is C21H20N2O5. The number of aryl methyl sites for hydroxylation is 2. The molecule has 1 N–H and O–H groups in total. The van der Waals surface area contributed by atoms with Crippen molar-refractivity contribution in [3.05, 3.63) is 51.9 Å². The van der Waals surface area contributed by atoms with Crippen molar-refractivity contribution in [2.24, 2.45) is 0 Å². The number of allylic oxidation sites excluding steroid dienone is 1. The van der Waals surface area contributed by atoms with Gasteiger partial charge in [-0.1, -0.05) is 6.07 Å². The Morgan fingerprint density at radius 2 is 1.86 bits per heavy atom. The number of hydrogen-bond donors (Lipinski definition) is 1. The molecule has 2 aromatic rings. The Bertz CT molecular complexity index is 1010. The zero-order valence-electron chi connectivity index (χ0n) is 15.9. The molecule has 0 aliphatic carbocycles. The van der Waals surface area contributed by atoms with E-state index in [4.69, 9.17) is 14.2 Å². The molecule has 0 amide bonds.